The quantitative estimate of drug-likeness (QED) is 0.476. The van der Waals surface area contributed by atoms with Crippen molar-refractivity contribution in [3.63, 3.8) is 0 Å². The second-order valence-corrected chi connectivity index (χ2v) is 7.22. The number of hydrogen-bond donors (Lipinski definition) is 2. The summed E-state index contributed by atoms with van der Waals surface area (Å²) in [6.07, 6.45) is 1.38. The molecule has 0 bridgehead atoms. The summed E-state index contributed by atoms with van der Waals surface area (Å²) in [7, 11) is 0. The van der Waals surface area contributed by atoms with E-state index < -0.39 is 5.91 Å². The topological polar surface area (TPSA) is 107 Å². The van der Waals surface area contributed by atoms with Crippen LogP contribution < -0.4 is 20.1 Å². The molecule has 2 heterocycles. The summed E-state index contributed by atoms with van der Waals surface area (Å²) < 4.78 is 10.7. The van der Waals surface area contributed by atoms with Crippen molar-refractivity contribution in [1.29, 1.82) is 0 Å². The molecule has 0 saturated heterocycles. The van der Waals surface area contributed by atoms with Gasteiger partial charge in [0.25, 0.3) is 11.8 Å². The van der Waals surface area contributed by atoms with Gasteiger partial charge in [0.05, 0.1) is 23.1 Å². The second-order valence-electron chi connectivity index (χ2n) is 7.22. The SMILES string of the molecule is O=C(Nc1ccccc1C(=O)NCc1ccc2c(c1)OCO2)c1cnn(-c2ccccc2)n1. The number of aromatic nitrogens is 3. The number of hydrogen-bond acceptors (Lipinski definition) is 6. The average Bonchev–Trinajstić information content (AvgIpc) is 3.53. The summed E-state index contributed by atoms with van der Waals surface area (Å²) in [5.41, 5.74) is 2.45. The number of para-hydroxylation sites is 2. The van der Waals surface area contributed by atoms with Gasteiger partial charge in [-0.25, -0.2) is 0 Å². The number of carbonyl (C=O) groups is 2. The number of carbonyl (C=O) groups excluding carboxylic acids is 2. The Bertz CT molecular complexity index is 1320. The van der Waals surface area contributed by atoms with Crippen molar-refractivity contribution in [3.05, 3.63) is 95.8 Å². The molecule has 9 nitrogen and oxygen atoms in total. The van der Waals surface area contributed by atoms with Crippen molar-refractivity contribution >= 4 is 17.5 Å². The zero-order chi connectivity index (χ0) is 22.6. The molecule has 9 heteroatoms. The molecule has 1 aromatic heterocycles. The van der Waals surface area contributed by atoms with Crippen molar-refractivity contribution in [2.24, 2.45) is 0 Å². The summed E-state index contributed by atoms with van der Waals surface area (Å²) in [6.45, 7) is 0.487. The Morgan fingerprint density at radius 2 is 1.70 bits per heavy atom. The summed E-state index contributed by atoms with van der Waals surface area (Å²) in [5, 5.41) is 14.0. The Balaban J connectivity index is 1.27. The van der Waals surface area contributed by atoms with E-state index in [0.29, 0.717) is 29.3 Å². The molecule has 0 spiro atoms. The fraction of sp³-hybridized carbons (Fsp3) is 0.0833. The first-order chi connectivity index (χ1) is 16.2. The minimum absolute atomic E-state index is 0.134. The summed E-state index contributed by atoms with van der Waals surface area (Å²) in [6, 6.07) is 21.5. The van der Waals surface area contributed by atoms with Gasteiger partial charge in [0.1, 0.15) is 0 Å². The molecule has 4 aromatic rings. The highest BCUT2D eigenvalue weighted by Gasteiger charge is 2.17. The lowest BCUT2D eigenvalue weighted by atomic mass is 10.1. The molecular formula is C24H19N5O4. The van der Waals surface area contributed by atoms with Crippen LogP contribution >= 0.6 is 0 Å². The Kier molecular flexibility index (Phi) is 5.42. The van der Waals surface area contributed by atoms with E-state index in [-0.39, 0.29) is 18.4 Å². The number of nitrogens with one attached hydrogen (secondary N) is 2. The molecule has 0 unspecified atom stereocenters. The fourth-order valence-electron chi connectivity index (χ4n) is 3.36. The van der Waals surface area contributed by atoms with Crippen LogP contribution in [0.1, 0.15) is 26.4 Å². The van der Waals surface area contributed by atoms with E-state index in [2.05, 4.69) is 20.8 Å². The standard InChI is InChI=1S/C24H19N5O4/c30-23(25-13-16-10-11-21-22(12-16)33-15-32-21)18-8-4-5-9-19(18)27-24(31)20-14-26-29(28-20)17-6-2-1-3-7-17/h1-12,14H,13,15H2,(H,25,30)(H,27,31). The molecule has 0 fully saturated rings. The van der Waals surface area contributed by atoms with E-state index in [4.69, 9.17) is 9.47 Å². The van der Waals surface area contributed by atoms with Gasteiger partial charge in [0, 0.05) is 6.54 Å². The monoisotopic (exact) mass is 441 g/mol. The van der Waals surface area contributed by atoms with E-state index in [1.54, 1.807) is 30.3 Å². The van der Waals surface area contributed by atoms with Gasteiger partial charge < -0.3 is 20.1 Å². The van der Waals surface area contributed by atoms with Crippen LogP contribution in [-0.2, 0) is 6.54 Å². The van der Waals surface area contributed by atoms with Crippen molar-refractivity contribution in [2.75, 3.05) is 12.1 Å². The van der Waals surface area contributed by atoms with Crippen molar-refractivity contribution < 1.29 is 19.1 Å². The van der Waals surface area contributed by atoms with Crippen LogP contribution in [0.3, 0.4) is 0 Å². The molecule has 2 N–H and O–H groups in total. The molecule has 1 aliphatic rings. The third kappa shape index (κ3) is 4.38. The van der Waals surface area contributed by atoms with Gasteiger partial charge in [-0.05, 0) is 42.0 Å². The fourth-order valence-corrected chi connectivity index (χ4v) is 3.36. The molecule has 0 atom stereocenters. The summed E-state index contributed by atoms with van der Waals surface area (Å²) in [5.74, 6) is 0.546. The van der Waals surface area contributed by atoms with Gasteiger partial charge in [0.15, 0.2) is 17.2 Å². The highest BCUT2D eigenvalue weighted by atomic mass is 16.7. The third-order valence-corrected chi connectivity index (χ3v) is 5.02. The number of rotatable bonds is 6. The zero-order valence-electron chi connectivity index (χ0n) is 17.4. The van der Waals surface area contributed by atoms with Crippen LogP contribution in [0, 0.1) is 0 Å². The molecule has 3 aromatic carbocycles. The van der Waals surface area contributed by atoms with Crippen molar-refractivity contribution in [3.8, 4) is 17.2 Å². The predicted octanol–water partition coefficient (Wildman–Crippen LogP) is 3.18. The van der Waals surface area contributed by atoms with Gasteiger partial charge in [-0.15, -0.1) is 5.10 Å². The molecule has 0 saturated carbocycles. The minimum Gasteiger partial charge on any atom is -0.454 e. The number of ether oxygens (including phenoxy) is 2. The lowest BCUT2D eigenvalue weighted by Crippen LogP contribution is -2.25. The lowest BCUT2D eigenvalue weighted by molar-refractivity contribution is 0.0951. The Morgan fingerprint density at radius 1 is 0.909 bits per heavy atom. The van der Waals surface area contributed by atoms with Crippen molar-refractivity contribution in [2.45, 2.75) is 6.54 Å². The Labute approximate surface area is 189 Å². The maximum atomic E-state index is 12.8. The van der Waals surface area contributed by atoms with Crippen LogP contribution in [0.5, 0.6) is 11.5 Å². The smallest absolute Gasteiger partial charge is 0.277 e. The normalized spacial score (nSPS) is 11.8. The highest BCUT2D eigenvalue weighted by Crippen LogP contribution is 2.32. The van der Waals surface area contributed by atoms with Crippen molar-refractivity contribution in [1.82, 2.24) is 20.3 Å². The number of nitrogens with zero attached hydrogens (tertiary/aromatic N) is 3. The molecule has 0 aliphatic carbocycles. The Hall–Kier alpha value is -4.66. The molecule has 0 radical (unpaired) electrons. The second kappa shape index (κ2) is 8.83. The van der Waals surface area contributed by atoms with Crippen LogP contribution in [0.4, 0.5) is 5.69 Å². The third-order valence-electron chi connectivity index (χ3n) is 5.02. The maximum absolute atomic E-state index is 12.8. The number of fused-ring (bicyclic) bond motifs is 1. The summed E-state index contributed by atoms with van der Waals surface area (Å²) in [4.78, 5) is 26.9. The van der Waals surface area contributed by atoms with Gasteiger partial charge >= 0.3 is 0 Å². The number of amides is 2. The van der Waals surface area contributed by atoms with E-state index in [0.717, 1.165) is 11.3 Å². The van der Waals surface area contributed by atoms with Crippen LogP contribution in [0.25, 0.3) is 5.69 Å². The molecule has 2 amide bonds. The Morgan fingerprint density at radius 3 is 2.58 bits per heavy atom. The van der Waals surface area contributed by atoms with Crippen LogP contribution in [0.2, 0.25) is 0 Å². The van der Waals surface area contributed by atoms with Gasteiger partial charge in [-0.2, -0.15) is 9.90 Å². The highest BCUT2D eigenvalue weighted by molar-refractivity contribution is 6.08. The molecule has 33 heavy (non-hydrogen) atoms. The molecule has 5 rings (SSSR count). The first-order valence-corrected chi connectivity index (χ1v) is 10.2. The van der Waals surface area contributed by atoms with Crippen LogP contribution in [0.15, 0.2) is 79.0 Å². The predicted molar refractivity (Wildman–Crippen MR) is 119 cm³/mol. The first-order valence-electron chi connectivity index (χ1n) is 10.2. The molecule has 164 valence electrons. The number of anilines is 1. The largest absolute Gasteiger partial charge is 0.454 e. The van der Waals surface area contributed by atoms with Gasteiger partial charge in [-0.1, -0.05) is 36.4 Å². The first kappa shape index (κ1) is 20.3. The zero-order valence-corrected chi connectivity index (χ0v) is 17.4. The molecule has 1 aliphatic heterocycles. The maximum Gasteiger partial charge on any atom is 0.277 e. The van der Waals surface area contributed by atoms with E-state index in [1.165, 1.54) is 11.0 Å². The van der Waals surface area contributed by atoms with E-state index in [1.807, 2.05) is 42.5 Å². The van der Waals surface area contributed by atoms with Gasteiger partial charge in [0.2, 0.25) is 6.79 Å². The molecular weight excluding hydrogens is 422 g/mol. The average molecular weight is 441 g/mol. The van der Waals surface area contributed by atoms with Crippen LogP contribution in [-0.4, -0.2) is 33.6 Å². The van der Waals surface area contributed by atoms with E-state index >= 15 is 0 Å². The minimum atomic E-state index is -0.465. The number of benzene rings is 3. The lowest BCUT2D eigenvalue weighted by Gasteiger charge is -2.11. The van der Waals surface area contributed by atoms with Gasteiger partial charge in [-0.3, -0.25) is 9.59 Å². The summed E-state index contributed by atoms with van der Waals surface area (Å²) >= 11 is 0. The van der Waals surface area contributed by atoms with E-state index in [9.17, 15) is 9.59 Å².